The van der Waals surface area contributed by atoms with E-state index in [1.54, 1.807) is 18.2 Å². The van der Waals surface area contributed by atoms with Crippen molar-refractivity contribution in [3.8, 4) is 0 Å². The maximum absolute atomic E-state index is 13.6. The zero-order valence-electron chi connectivity index (χ0n) is 9.40. The van der Waals surface area contributed by atoms with E-state index in [-0.39, 0.29) is 11.3 Å². The van der Waals surface area contributed by atoms with Gasteiger partial charge in [-0.05, 0) is 0 Å². The zero-order chi connectivity index (χ0) is 12.9. The second kappa shape index (κ2) is 6.00. The van der Waals surface area contributed by atoms with Gasteiger partial charge in [-0.3, -0.25) is 4.79 Å². The third-order valence-electron chi connectivity index (χ3n) is 2.27. The van der Waals surface area contributed by atoms with Gasteiger partial charge in [-0.2, -0.15) is 11.8 Å². The zero-order valence-corrected chi connectivity index (χ0v) is 10.2. The lowest BCUT2D eigenvalue weighted by atomic mass is 10.1. The van der Waals surface area contributed by atoms with Gasteiger partial charge in [0.15, 0.2) is 0 Å². The van der Waals surface area contributed by atoms with Crippen LogP contribution in [-0.4, -0.2) is 22.6 Å². The van der Waals surface area contributed by atoms with Crippen LogP contribution in [0.15, 0.2) is 30.3 Å². The van der Waals surface area contributed by atoms with Crippen LogP contribution in [0.4, 0.5) is 8.78 Å². The van der Waals surface area contributed by atoms with Crippen molar-refractivity contribution in [2.45, 2.75) is 12.8 Å². The summed E-state index contributed by atoms with van der Waals surface area (Å²) in [7, 11) is 0. The topological polar surface area (TPSA) is 37.3 Å². The van der Waals surface area contributed by atoms with E-state index in [1.807, 2.05) is 0 Å². The smallest absolute Gasteiger partial charge is 0.307 e. The van der Waals surface area contributed by atoms with E-state index in [0.717, 1.165) is 11.8 Å². The van der Waals surface area contributed by atoms with Crippen LogP contribution in [0.2, 0.25) is 0 Å². The van der Waals surface area contributed by atoms with Gasteiger partial charge in [0.05, 0.1) is 11.7 Å². The maximum Gasteiger partial charge on any atom is 0.307 e. The van der Waals surface area contributed by atoms with E-state index < -0.39 is 23.6 Å². The first-order chi connectivity index (χ1) is 7.93. The highest BCUT2D eigenvalue weighted by Crippen LogP contribution is 2.32. The first-order valence-electron chi connectivity index (χ1n) is 5.17. The van der Waals surface area contributed by atoms with Crippen molar-refractivity contribution >= 4 is 17.7 Å². The first kappa shape index (κ1) is 14.0. The molecular formula is C12H14F2O2S. The number of aliphatic carboxylic acids is 1. The SMILES string of the molecule is CC(CSCC(F)(F)c1ccccc1)C(=O)O. The minimum atomic E-state index is -2.91. The molecule has 0 saturated heterocycles. The van der Waals surface area contributed by atoms with Crippen LogP contribution in [0.25, 0.3) is 0 Å². The first-order valence-corrected chi connectivity index (χ1v) is 6.33. The quantitative estimate of drug-likeness (QED) is 0.853. The Balaban J connectivity index is 2.48. The van der Waals surface area contributed by atoms with Gasteiger partial charge in [-0.25, -0.2) is 8.78 Å². The molecule has 0 aromatic heterocycles. The average Bonchev–Trinajstić information content (AvgIpc) is 2.29. The molecule has 0 heterocycles. The Morgan fingerprint density at radius 1 is 1.41 bits per heavy atom. The van der Waals surface area contributed by atoms with Crippen LogP contribution in [-0.2, 0) is 10.7 Å². The third-order valence-corrected chi connectivity index (χ3v) is 3.57. The highest BCUT2D eigenvalue weighted by Gasteiger charge is 2.31. The molecule has 2 nitrogen and oxygen atoms in total. The molecule has 0 bridgehead atoms. The van der Waals surface area contributed by atoms with Gasteiger partial charge in [0.2, 0.25) is 0 Å². The molecule has 0 amide bonds. The molecule has 1 aromatic carbocycles. The summed E-state index contributed by atoms with van der Waals surface area (Å²) in [6, 6.07) is 7.56. The number of alkyl halides is 2. The van der Waals surface area contributed by atoms with E-state index in [2.05, 4.69) is 0 Å². The predicted octanol–water partition coefficient (Wildman–Crippen LogP) is 3.23. The summed E-state index contributed by atoms with van der Waals surface area (Å²) in [5, 5.41) is 8.63. The number of carboxylic acids is 1. The molecule has 0 fully saturated rings. The molecule has 0 aliphatic carbocycles. The number of thioether (sulfide) groups is 1. The molecular weight excluding hydrogens is 246 g/mol. The van der Waals surface area contributed by atoms with E-state index in [0.29, 0.717) is 0 Å². The Morgan fingerprint density at radius 3 is 2.53 bits per heavy atom. The largest absolute Gasteiger partial charge is 0.481 e. The van der Waals surface area contributed by atoms with Gasteiger partial charge in [-0.1, -0.05) is 37.3 Å². The second-order valence-corrected chi connectivity index (χ2v) is 4.86. The molecule has 0 aliphatic rings. The van der Waals surface area contributed by atoms with Gasteiger partial charge in [0, 0.05) is 11.3 Å². The Hall–Kier alpha value is -1.10. The van der Waals surface area contributed by atoms with Crippen LogP contribution >= 0.6 is 11.8 Å². The van der Waals surface area contributed by atoms with Crippen LogP contribution < -0.4 is 0 Å². The van der Waals surface area contributed by atoms with Crippen molar-refractivity contribution in [3.63, 3.8) is 0 Å². The van der Waals surface area contributed by atoms with Crippen molar-refractivity contribution in [2.75, 3.05) is 11.5 Å². The number of hydrogen-bond acceptors (Lipinski definition) is 2. The molecule has 1 N–H and O–H groups in total. The maximum atomic E-state index is 13.6. The molecule has 0 saturated carbocycles. The van der Waals surface area contributed by atoms with Crippen LogP contribution in [0, 0.1) is 5.92 Å². The molecule has 17 heavy (non-hydrogen) atoms. The fourth-order valence-corrected chi connectivity index (χ4v) is 2.24. The lowest BCUT2D eigenvalue weighted by molar-refractivity contribution is -0.140. The molecule has 5 heteroatoms. The molecule has 0 spiro atoms. The Bertz CT molecular complexity index is 368. The van der Waals surface area contributed by atoms with Gasteiger partial charge < -0.3 is 5.11 Å². The van der Waals surface area contributed by atoms with Crippen molar-refractivity contribution in [1.82, 2.24) is 0 Å². The lowest BCUT2D eigenvalue weighted by Gasteiger charge is -2.16. The minimum Gasteiger partial charge on any atom is -0.481 e. The minimum absolute atomic E-state index is 0.0320. The van der Waals surface area contributed by atoms with Gasteiger partial charge in [0.1, 0.15) is 0 Å². The second-order valence-electron chi connectivity index (χ2n) is 3.82. The summed E-state index contributed by atoms with van der Waals surface area (Å²) in [6.07, 6.45) is 0. The number of carboxylic acid groups (broad SMARTS) is 1. The van der Waals surface area contributed by atoms with Crippen LogP contribution in [0.3, 0.4) is 0 Å². The average molecular weight is 260 g/mol. The van der Waals surface area contributed by atoms with Crippen molar-refractivity contribution in [1.29, 1.82) is 0 Å². The fraction of sp³-hybridized carbons (Fsp3) is 0.417. The summed E-state index contributed by atoms with van der Waals surface area (Å²) < 4.78 is 27.3. The van der Waals surface area contributed by atoms with Crippen molar-refractivity contribution in [2.24, 2.45) is 5.92 Å². The molecule has 1 atom stereocenters. The number of hydrogen-bond donors (Lipinski definition) is 1. The molecule has 94 valence electrons. The summed E-state index contributed by atoms with van der Waals surface area (Å²) in [5.74, 6) is -4.68. The third kappa shape index (κ3) is 4.34. The van der Waals surface area contributed by atoms with Gasteiger partial charge >= 0.3 is 5.97 Å². The number of halogens is 2. The monoisotopic (exact) mass is 260 g/mol. The predicted molar refractivity (Wildman–Crippen MR) is 64.5 cm³/mol. The molecule has 0 aliphatic heterocycles. The summed E-state index contributed by atoms with van der Waals surface area (Å²) in [6.45, 7) is 1.51. The number of carbonyl (C=O) groups is 1. The number of benzene rings is 1. The van der Waals surface area contributed by atoms with Crippen molar-refractivity contribution < 1.29 is 18.7 Å². The molecule has 1 rings (SSSR count). The van der Waals surface area contributed by atoms with Crippen LogP contribution in [0.5, 0.6) is 0 Å². The van der Waals surface area contributed by atoms with E-state index in [1.165, 1.54) is 19.1 Å². The Morgan fingerprint density at radius 2 is 2.00 bits per heavy atom. The highest BCUT2D eigenvalue weighted by molar-refractivity contribution is 7.99. The standard InChI is InChI=1S/C12H14F2O2S/c1-9(11(15)16)7-17-8-12(13,14)10-5-3-2-4-6-10/h2-6,9H,7-8H2,1H3,(H,15,16). The lowest BCUT2D eigenvalue weighted by Crippen LogP contribution is -2.19. The normalized spacial score (nSPS) is 13.4. The van der Waals surface area contributed by atoms with Gasteiger partial charge in [-0.15, -0.1) is 0 Å². The molecule has 1 unspecified atom stereocenters. The molecule has 0 radical (unpaired) electrons. The highest BCUT2D eigenvalue weighted by atomic mass is 32.2. The Kier molecular flexibility index (Phi) is 4.93. The van der Waals surface area contributed by atoms with Gasteiger partial charge in [0.25, 0.3) is 5.92 Å². The summed E-state index contributed by atoms with van der Waals surface area (Å²) in [4.78, 5) is 10.5. The van der Waals surface area contributed by atoms with Crippen LogP contribution in [0.1, 0.15) is 12.5 Å². The Labute approximate surface area is 103 Å². The van der Waals surface area contributed by atoms with E-state index in [9.17, 15) is 13.6 Å². The number of rotatable bonds is 6. The molecule has 1 aromatic rings. The van der Waals surface area contributed by atoms with E-state index >= 15 is 0 Å². The van der Waals surface area contributed by atoms with E-state index in [4.69, 9.17) is 5.11 Å². The van der Waals surface area contributed by atoms with Crippen molar-refractivity contribution in [3.05, 3.63) is 35.9 Å². The fourth-order valence-electron chi connectivity index (χ4n) is 1.20. The summed E-state index contributed by atoms with van der Waals surface area (Å²) >= 11 is 0.961. The summed E-state index contributed by atoms with van der Waals surface area (Å²) in [5.41, 5.74) is -0.0320.